The summed E-state index contributed by atoms with van der Waals surface area (Å²) in [5, 5.41) is 39.6. The number of carbonyl (C=O) groups excluding carboxylic acids is 1. The van der Waals surface area contributed by atoms with Gasteiger partial charge in [-0.3, -0.25) is 10.1 Å². The Morgan fingerprint density at radius 1 is 0.939 bits per heavy atom. The number of hydrogen-bond acceptors (Lipinski definition) is 9. The lowest BCUT2D eigenvalue weighted by atomic mass is 10.1. The number of ether oxygens (including phenoxy) is 2. The van der Waals surface area contributed by atoms with Crippen LogP contribution in [0.2, 0.25) is 0 Å². The van der Waals surface area contributed by atoms with Crippen LogP contribution in [0, 0.1) is 10.1 Å². The summed E-state index contributed by atoms with van der Waals surface area (Å²) in [5.74, 6) is -2.04. The maximum atomic E-state index is 11.7. The van der Waals surface area contributed by atoms with Crippen LogP contribution in [0.1, 0.15) is 56.9 Å². The van der Waals surface area contributed by atoms with Crippen LogP contribution in [-0.4, -0.2) is 76.0 Å². The van der Waals surface area contributed by atoms with Crippen LogP contribution in [0.15, 0.2) is 95.5 Å². The summed E-state index contributed by atoms with van der Waals surface area (Å²) in [5.41, 5.74) is 1.42. The van der Waals surface area contributed by atoms with E-state index in [-0.39, 0.29) is 17.9 Å². The minimum Gasteiger partial charge on any atom is -0.484 e. The summed E-state index contributed by atoms with van der Waals surface area (Å²) in [6.45, 7) is 6.73. The SMILES string of the molecule is CN(CC[C@H](O)c1ccccc1)C(=O)OC(C)(C)C.CNCC[C@@H](Oc1cc([N+](=O)[O-])ccc1Br)c1ccccc1.O=C(O)/C=C/C(=O)O. The number of carbonyl (C=O) groups is 3. The van der Waals surface area contributed by atoms with Gasteiger partial charge in [0, 0.05) is 38.2 Å². The number of benzene rings is 3. The van der Waals surface area contributed by atoms with E-state index in [4.69, 9.17) is 19.7 Å². The number of halogens is 1. The Balaban J connectivity index is 0.000000406. The molecule has 1 amide bonds. The molecule has 2 atom stereocenters. The Hall–Kier alpha value is -4.79. The van der Waals surface area contributed by atoms with E-state index in [1.165, 1.54) is 17.0 Å². The summed E-state index contributed by atoms with van der Waals surface area (Å²) in [7, 11) is 3.55. The average Bonchev–Trinajstić information content (AvgIpc) is 3.05. The number of carboxylic acids is 2. The van der Waals surface area contributed by atoms with Crippen LogP contribution in [0.4, 0.5) is 10.5 Å². The highest BCUT2D eigenvalue weighted by Crippen LogP contribution is 2.33. The number of hydrogen-bond donors (Lipinski definition) is 4. The molecule has 0 unspecified atom stereocenters. The van der Waals surface area contributed by atoms with E-state index in [0.29, 0.717) is 35.3 Å². The molecule has 0 aromatic heterocycles. The van der Waals surface area contributed by atoms with Crippen LogP contribution < -0.4 is 10.1 Å². The fraction of sp³-hybridized carbons (Fsp3) is 0.343. The summed E-state index contributed by atoms with van der Waals surface area (Å²) < 4.78 is 12.0. The number of non-ortho nitro benzene ring substituents is 1. The Bertz CT molecular complexity index is 1480. The normalized spacial score (nSPS) is 11.9. The predicted molar refractivity (Wildman–Crippen MR) is 188 cm³/mol. The minimum atomic E-state index is -1.26. The van der Waals surface area contributed by atoms with Crippen LogP contribution >= 0.6 is 15.9 Å². The summed E-state index contributed by atoms with van der Waals surface area (Å²) in [6, 6.07) is 23.8. The van der Waals surface area contributed by atoms with E-state index >= 15 is 0 Å². The van der Waals surface area contributed by atoms with E-state index in [0.717, 1.165) is 24.1 Å². The van der Waals surface area contributed by atoms with E-state index in [9.17, 15) is 29.6 Å². The third kappa shape index (κ3) is 18.4. The Labute approximate surface area is 294 Å². The number of rotatable bonds is 13. The van der Waals surface area contributed by atoms with Crippen LogP contribution in [0.3, 0.4) is 0 Å². The molecule has 0 radical (unpaired) electrons. The first-order valence-electron chi connectivity index (χ1n) is 15.1. The zero-order valence-corrected chi connectivity index (χ0v) is 29.7. The maximum Gasteiger partial charge on any atom is 0.410 e. The molecule has 0 saturated carbocycles. The van der Waals surface area contributed by atoms with Crippen LogP contribution in [0.5, 0.6) is 5.75 Å². The van der Waals surface area contributed by atoms with Gasteiger partial charge in [0.2, 0.25) is 0 Å². The Morgan fingerprint density at radius 2 is 1.47 bits per heavy atom. The second kappa shape index (κ2) is 22.0. The zero-order chi connectivity index (χ0) is 37.0. The van der Waals surface area contributed by atoms with Crippen molar-refractivity contribution in [3.05, 3.63) is 117 Å². The standard InChI is InChI=1S/C16H17BrN2O3.C15H23NO3.C4H4O4/c1-18-10-9-15(12-5-3-2-4-6-12)22-16-11-13(19(20)21)7-8-14(16)17;1-15(2,3)19-14(18)16(4)11-10-13(17)12-8-6-5-7-9-12;5-3(6)1-2-4(7)8/h2-8,11,15,18H,9-10H2,1H3;5-9,13,17H,10-11H2,1-4H3;1-2H,(H,5,6)(H,7,8)/b;;2-1+/t15-;13-;/m10./s1. The molecule has 49 heavy (non-hydrogen) atoms. The first kappa shape index (κ1) is 42.2. The molecule has 0 spiro atoms. The van der Waals surface area contributed by atoms with Crippen LogP contribution in [0.25, 0.3) is 0 Å². The number of nitrogens with zero attached hydrogens (tertiary/aromatic N) is 2. The zero-order valence-electron chi connectivity index (χ0n) is 28.1. The third-order valence-corrected chi connectivity index (χ3v) is 6.87. The largest absolute Gasteiger partial charge is 0.484 e. The number of aliphatic hydroxyl groups is 1. The number of aliphatic hydroxyl groups excluding tert-OH is 1. The van der Waals surface area contributed by atoms with E-state index < -0.39 is 28.6 Å². The highest BCUT2D eigenvalue weighted by atomic mass is 79.9. The van der Waals surface area contributed by atoms with Gasteiger partial charge in [0.05, 0.1) is 21.6 Å². The van der Waals surface area contributed by atoms with Gasteiger partial charge in [-0.1, -0.05) is 60.7 Å². The number of amides is 1. The van der Waals surface area contributed by atoms with Gasteiger partial charge in [-0.05, 0) is 73.9 Å². The molecule has 3 rings (SSSR count). The molecule has 3 aromatic carbocycles. The lowest BCUT2D eigenvalue weighted by Crippen LogP contribution is -2.35. The number of nitro groups is 1. The van der Waals surface area contributed by atoms with Gasteiger partial charge in [0.25, 0.3) is 5.69 Å². The molecule has 4 N–H and O–H groups in total. The second-order valence-corrected chi connectivity index (χ2v) is 12.3. The second-order valence-electron chi connectivity index (χ2n) is 11.4. The fourth-order valence-electron chi connectivity index (χ4n) is 3.82. The molecule has 0 aliphatic rings. The van der Waals surface area contributed by atoms with Crippen molar-refractivity contribution in [1.82, 2.24) is 10.2 Å². The van der Waals surface area contributed by atoms with Gasteiger partial charge >= 0.3 is 18.0 Å². The monoisotopic (exact) mass is 745 g/mol. The molecular weight excluding hydrogens is 702 g/mol. The molecule has 3 aromatic rings. The number of aliphatic carboxylic acids is 2. The fourth-order valence-corrected chi connectivity index (χ4v) is 4.16. The Morgan fingerprint density at radius 3 is 1.94 bits per heavy atom. The van der Waals surface area contributed by atoms with Crippen molar-refractivity contribution in [2.75, 3.05) is 27.2 Å². The van der Waals surface area contributed by atoms with Gasteiger partial charge in [0.1, 0.15) is 17.5 Å². The van der Waals surface area contributed by atoms with E-state index in [1.807, 2.05) is 88.5 Å². The predicted octanol–water partition coefficient (Wildman–Crippen LogP) is 6.78. The molecule has 0 aliphatic carbocycles. The van der Waals surface area contributed by atoms with Gasteiger partial charge in [-0.15, -0.1) is 0 Å². The maximum absolute atomic E-state index is 11.7. The Kier molecular flexibility index (Phi) is 18.9. The molecule has 14 heteroatoms. The summed E-state index contributed by atoms with van der Waals surface area (Å²) in [6.07, 6.45) is 1.26. The number of nitrogens with one attached hydrogen (secondary N) is 1. The molecular formula is C35H44BrN3O10. The molecule has 266 valence electrons. The van der Waals surface area contributed by atoms with Crippen LogP contribution in [-0.2, 0) is 14.3 Å². The van der Waals surface area contributed by atoms with Gasteiger partial charge in [-0.25, -0.2) is 14.4 Å². The van der Waals surface area contributed by atoms with Crippen molar-refractivity contribution in [3.63, 3.8) is 0 Å². The first-order valence-corrected chi connectivity index (χ1v) is 15.9. The summed E-state index contributed by atoms with van der Waals surface area (Å²) in [4.78, 5) is 42.8. The lowest BCUT2D eigenvalue weighted by Gasteiger charge is -2.25. The molecule has 0 aliphatic heterocycles. The molecule has 13 nitrogen and oxygen atoms in total. The highest BCUT2D eigenvalue weighted by molar-refractivity contribution is 9.10. The first-order chi connectivity index (χ1) is 23.0. The average molecular weight is 747 g/mol. The minimum absolute atomic E-state index is 0.0126. The van der Waals surface area contributed by atoms with Crippen molar-refractivity contribution in [3.8, 4) is 5.75 Å². The number of nitro benzene ring substituents is 1. The molecule has 0 fully saturated rings. The van der Waals surface area contributed by atoms with Crippen molar-refractivity contribution in [1.29, 1.82) is 0 Å². The molecule has 0 bridgehead atoms. The smallest absolute Gasteiger partial charge is 0.410 e. The summed E-state index contributed by atoms with van der Waals surface area (Å²) >= 11 is 3.39. The van der Waals surface area contributed by atoms with E-state index in [2.05, 4.69) is 21.2 Å². The topological polar surface area (TPSA) is 189 Å². The number of carboxylic acid groups (broad SMARTS) is 2. The van der Waals surface area contributed by atoms with Crippen molar-refractivity contribution in [2.45, 2.75) is 51.4 Å². The highest BCUT2D eigenvalue weighted by Gasteiger charge is 2.20. The van der Waals surface area contributed by atoms with E-state index in [1.54, 1.807) is 13.1 Å². The van der Waals surface area contributed by atoms with Gasteiger partial charge in [-0.2, -0.15) is 0 Å². The quantitative estimate of drug-likeness (QED) is 0.0820. The van der Waals surface area contributed by atoms with Gasteiger partial charge in [0.15, 0.2) is 0 Å². The molecule has 0 heterocycles. The van der Waals surface area contributed by atoms with Crippen molar-refractivity contribution in [2.24, 2.45) is 0 Å². The van der Waals surface area contributed by atoms with Crippen molar-refractivity contribution < 1.29 is 44.1 Å². The van der Waals surface area contributed by atoms with Gasteiger partial charge < -0.3 is 35.0 Å². The van der Waals surface area contributed by atoms with Crippen molar-refractivity contribution >= 4 is 39.6 Å². The molecule has 0 saturated heterocycles. The third-order valence-electron chi connectivity index (χ3n) is 6.22. The lowest BCUT2D eigenvalue weighted by molar-refractivity contribution is -0.385.